The van der Waals surface area contributed by atoms with Crippen LogP contribution in [0.4, 0.5) is 0 Å². The molecule has 0 radical (unpaired) electrons. The summed E-state index contributed by atoms with van der Waals surface area (Å²) in [4.78, 5) is 1.57. The molecule has 1 aliphatic heterocycles. The molecular formula is C16H27N4O2S+. The van der Waals surface area contributed by atoms with Crippen LogP contribution in [-0.2, 0) is 6.42 Å². The van der Waals surface area contributed by atoms with Gasteiger partial charge in [0.2, 0.25) is 0 Å². The van der Waals surface area contributed by atoms with Gasteiger partial charge in [-0.1, -0.05) is 6.07 Å². The van der Waals surface area contributed by atoms with Gasteiger partial charge >= 0.3 is 0 Å². The first kappa shape index (κ1) is 17.8. The number of thiocarbonyl (C=S) groups is 1. The highest BCUT2D eigenvalue weighted by Gasteiger charge is 2.16. The van der Waals surface area contributed by atoms with Gasteiger partial charge in [0.15, 0.2) is 16.6 Å². The molecule has 0 atom stereocenters. The number of ether oxygens (including phenoxy) is 2. The molecule has 0 aromatic heterocycles. The van der Waals surface area contributed by atoms with E-state index in [9.17, 15) is 0 Å². The number of likely N-dealkylation sites (N-methyl/N-ethyl adjacent to an activating group) is 1. The Morgan fingerprint density at radius 2 is 1.91 bits per heavy atom. The van der Waals surface area contributed by atoms with Gasteiger partial charge in [-0.2, -0.15) is 0 Å². The Hall–Kier alpha value is -1.57. The Kier molecular flexibility index (Phi) is 6.88. The van der Waals surface area contributed by atoms with Crippen LogP contribution in [-0.4, -0.2) is 64.1 Å². The molecule has 1 aromatic rings. The van der Waals surface area contributed by atoms with E-state index in [0.29, 0.717) is 5.11 Å². The first-order valence-corrected chi connectivity index (χ1v) is 8.35. The van der Waals surface area contributed by atoms with Crippen LogP contribution in [0, 0.1) is 0 Å². The number of hydrogen-bond acceptors (Lipinski definition) is 4. The molecular weight excluding hydrogens is 312 g/mol. The van der Waals surface area contributed by atoms with E-state index in [1.807, 2.05) is 18.2 Å². The number of piperazine rings is 1. The number of hydrogen-bond donors (Lipinski definition) is 3. The fraction of sp³-hybridized carbons (Fsp3) is 0.562. The smallest absolute Gasteiger partial charge is 0.181 e. The summed E-state index contributed by atoms with van der Waals surface area (Å²) < 4.78 is 10.6. The highest BCUT2D eigenvalue weighted by atomic mass is 32.1. The number of hydrazine groups is 1. The summed E-state index contributed by atoms with van der Waals surface area (Å²) >= 11 is 5.35. The molecule has 1 aromatic carbocycles. The zero-order chi connectivity index (χ0) is 16.7. The van der Waals surface area contributed by atoms with Crippen molar-refractivity contribution in [3.05, 3.63) is 23.8 Å². The summed E-state index contributed by atoms with van der Waals surface area (Å²) in [6, 6.07) is 5.97. The second-order valence-electron chi connectivity index (χ2n) is 5.75. The predicted octanol–water partition coefficient (Wildman–Crippen LogP) is -0.544. The number of quaternary nitrogens is 1. The fourth-order valence-electron chi connectivity index (χ4n) is 2.54. The van der Waals surface area contributed by atoms with E-state index in [2.05, 4.69) is 22.8 Å². The summed E-state index contributed by atoms with van der Waals surface area (Å²) in [5.74, 6) is 1.50. The summed E-state index contributed by atoms with van der Waals surface area (Å²) in [7, 11) is 5.51. The van der Waals surface area contributed by atoms with Crippen molar-refractivity contribution in [3.63, 3.8) is 0 Å². The second kappa shape index (κ2) is 8.90. The lowest BCUT2D eigenvalue weighted by atomic mass is 10.1. The van der Waals surface area contributed by atoms with Crippen molar-refractivity contribution in [2.75, 3.05) is 54.0 Å². The summed E-state index contributed by atoms with van der Waals surface area (Å²) in [5.41, 5.74) is 4.44. The first-order chi connectivity index (χ1) is 11.1. The van der Waals surface area contributed by atoms with E-state index in [1.54, 1.807) is 19.1 Å². The van der Waals surface area contributed by atoms with Gasteiger partial charge in [-0.3, -0.25) is 5.43 Å². The molecule has 1 heterocycles. The largest absolute Gasteiger partial charge is 0.493 e. The van der Waals surface area contributed by atoms with Crippen molar-refractivity contribution in [3.8, 4) is 11.5 Å². The van der Waals surface area contributed by atoms with E-state index in [0.717, 1.165) is 50.6 Å². The molecule has 23 heavy (non-hydrogen) atoms. The number of methoxy groups -OCH3 is 2. The van der Waals surface area contributed by atoms with Crippen molar-refractivity contribution < 1.29 is 14.4 Å². The summed E-state index contributed by atoms with van der Waals surface area (Å²) in [6.07, 6.45) is 0.870. The van der Waals surface area contributed by atoms with Gasteiger partial charge in [0.05, 0.1) is 47.4 Å². The SMILES string of the molecule is COc1ccc(CCNC(=S)NN2CC[NH+](C)CC2)cc1OC. The normalized spacial score (nSPS) is 16.0. The third kappa shape index (κ3) is 5.53. The molecule has 0 amide bonds. The zero-order valence-corrected chi connectivity index (χ0v) is 15.0. The van der Waals surface area contributed by atoms with Crippen LogP contribution in [0.3, 0.4) is 0 Å². The molecule has 0 spiro atoms. The van der Waals surface area contributed by atoms with Gasteiger partial charge in [0, 0.05) is 6.54 Å². The Labute approximate surface area is 143 Å². The number of benzene rings is 1. The van der Waals surface area contributed by atoms with E-state index in [-0.39, 0.29) is 0 Å². The molecule has 6 nitrogen and oxygen atoms in total. The molecule has 3 N–H and O–H groups in total. The zero-order valence-electron chi connectivity index (χ0n) is 14.1. The standard InChI is InChI=1S/C16H26N4O2S/c1-19-8-10-20(11-9-19)18-16(23)17-7-6-13-4-5-14(21-2)15(12-13)22-3/h4-5,12H,6-11H2,1-3H3,(H2,17,18,23)/p+1. The minimum Gasteiger partial charge on any atom is -0.493 e. The molecule has 1 saturated heterocycles. The summed E-state index contributed by atoms with van der Waals surface area (Å²) in [6.45, 7) is 5.09. The molecule has 0 unspecified atom stereocenters. The van der Waals surface area contributed by atoms with E-state index in [4.69, 9.17) is 21.7 Å². The molecule has 128 valence electrons. The molecule has 1 fully saturated rings. The predicted molar refractivity (Wildman–Crippen MR) is 95.2 cm³/mol. The van der Waals surface area contributed by atoms with Gasteiger partial charge in [-0.05, 0) is 36.3 Å². The lowest BCUT2D eigenvalue weighted by molar-refractivity contribution is -0.884. The van der Waals surface area contributed by atoms with Gasteiger partial charge in [0.25, 0.3) is 0 Å². The van der Waals surface area contributed by atoms with Gasteiger partial charge in [0.1, 0.15) is 0 Å². The lowest BCUT2D eigenvalue weighted by Gasteiger charge is -2.31. The average molecular weight is 339 g/mol. The van der Waals surface area contributed by atoms with Crippen LogP contribution in [0.25, 0.3) is 0 Å². The van der Waals surface area contributed by atoms with Gasteiger partial charge in [-0.15, -0.1) is 0 Å². The fourth-order valence-corrected chi connectivity index (χ4v) is 2.77. The summed E-state index contributed by atoms with van der Waals surface area (Å²) in [5, 5.41) is 6.12. The molecule has 2 rings (SSSR count). The quantitative estimate of drug-likeness (QED) is 0.605. The molecule has 0 saturated carbocycles. The average Bonchev–Trinajstić information content (AvgIpc) is 2.56. The maximum absolute atomic E-state index is 5.35. The van der Waals surface area contributed by atoms with Crippen molar-refractivity contribution in [2.45, 2.75) is 6.42 Å². The van der Waals surface area contributed by atoms with Crippen LogP contribution in [0.5, 0.6) is 11.5 Å². The van der Waals surface area contributed by atoms with E-state index >= 15 is 0 Å². The molecule has 7 heteroatoms. The Morgan fingerprint density at radius 1 is 1.22 bits per heavy atom. The van der Waals surface area contributed by atoms with Crippen LogP contribution in [0.1, 0.15) is 5.56 Å². The number of rotatable bonds is 6. The minimum absolute atomic E-state index is 0.685. The third-order valence-electron chi connectivity index (χ3n) is 4.02. The third-order valence-corrected chi connectivity index (χ3v) is 4.26. The lowest BCUT2D eigenvalue weighted by Crippen LogP contribution is -3.12. The minimum atomic E-state index is 0.685. The topological polar surface area (TPSA) is 50.2 Å². The van der Waals surface area contributed by atoms with Crippen molar-refractivity contribution in [2.24, 2.45) is 0 Å². The Bertz CT molecular complexity index is 519. The molecule has 0 bridgehead atoms. The van der Waals surface area contributed by atoms with Gasteiger partial charge in [-0.25, -0.2) is 5.01 Å². The monoisotopic (exact) mass is 339 g/mol. The van der Waals surface area contributed by atoms with E-state index in [1.165, 1.54) is 5.56 Å². The molecule has 0 aliphatic carbocycles. The van der Waals surface area contributed by atoms with E-state index < -0.39 is 0 Å². The van der Waals surface area contributed by atoms with Crippen LogP contribution >= 0.6 is 12.2 Å². The Balaban J connectivity index is 1.73. The Morgan fingerprint density at radius 3 is 2.57 bits per heavy atom. The molecule has 1 aliphatic rings. The van der Waals surface area contributed by atoms with Crippen molar-refractivity contribution in [1.29, 1.82) is 0 Å². The van der Waals surface area contributed by atoms with Crippen LogP contribution in [0.15, 0.2) is 18.2 Å². The van der Waals surface area contributed by atoms with Gasteiger partial charge < -0.3 is 19.7 Å². The highest BCUT2D eigenvalue weighted by Crippen LogP contribution is 2.27. The highest BCUT2D eigenvalue weighted by molar-refractivity contribution is 7.80. The maximum atomic E-state index is 5.35. The number of nitrogens with one attached hydrogen (secondary N) is 3. The second-order valence-corrected chi connectivity index (χ2v) is 6.16. The van der Waals surface area contributed by atoms with Crippen molar-refractivity contribution in [1.82, 2.24) is 15.8 Å². The maximum Gasteiger partial charge on any atom is 0.181 e. The van der Waals surface area contributed by atoms with Crippen molar-refractivity contribution >= 4 is 17.3 Å². The van der Waals surface area contributed by atoms with Crippen LogP contribution < -0.4 is 25.1 Å². The van der Waals surface area contributed by atoms with Crippen LogP contribution in [0.2, 0.25) is 0 Å². The first-order valence-electron chi connectivity index (χ1n) is 7.94. The number of nitrogens with zero attached hydrogens (tertiary/aromatic N) is 1.